The van der Waals surface area contributed by atoms with Crippen molar-refractivity contribution >= 4 is 43.9 Å². The fourth-order valence-corrected chi connectivity index (χ4v) is 6.52. The Morgan fingerprint density at radius 1 is 1.14 bits per heavy atom. The van der Waals surface area contributed by atoms with Gasteiger partial charge in [0.25, 0.3) is 5.91 Å². The van der Waals surface area contributed by atoms with E-state index in [0.717, 1.165) is 61.6 Å². The summed E-state index contributed by atoms with van der Waals surface area (Å²) in [6, 6.07) is 12.3. The zero-order valence-corrected chi connectivity index (χ0v) is 22.0. The van der Waals surface area contributed by atoms with Crippen LogP contribution in [0.2, 0.25) is 0 Å². The van der Waals surface area contributed by atoms with E-state index in [1.54, 1.807) is 0 Å². The highest BCUT2D eigenvalue weighted by molar-refractivity contribution is 7.21. The van der Waals surface area contributed by atoms with Gasteiger partial charge in [-0.05, 0) is 57.2 Å². The molecule has 0 aliphatic carbocycles. The summed E-state index contributed by atoms with van der Waals surface area (Å²) >= 11 is 1.52. The first-order chi connectivity index (χ1) is 17.9. The van der Waals surface area contributed by atoms with Gasteiger partial charge in [-0.15, -0.1) is 17.8 Å². The zero-order valence-electron chi connectivity index (χ0n) is 21.2. The van der Waals surface area contributed by atoms with Crippen molar-refractivity contribution in [2.24, 2.45) is 0 Å². The number of aromatic nitrogens is 2. The standard InChI is InChI=1S/C29H29N5O2S/c1-5-20-10-19(11-21(32-20)15-34-13-17(3)36-18(4)14-34)23-7-6-22-24(33-23)8-9-25-26(22)27-28(37-25)29(35)31-16(2)12-30-27/h1,6-11,16-18,30H,12-15H2,2-4H3,(H,31,35)/t16-,17-,18+/m1/s1. The summed E-state index contributed by atoms with van der Waals surface area (Å²) in [6.45, 7) is 9.32. The summed E-state index contributed by atoms with van der Waals surface area (Å²) in [5.74, 6) is 2.68. The van der Waals surface area contributed by atoms with Crippen LogP contribution in [0.3, 0.4) is 0 Å². The van der Waals surface area contributed by atoms with Crippen molar-refractivity contribution in [3.63, 3.8) is 0 Å². The molecule has 1 amide bonds. The van der Waals surface area contributed by atoms with Gasteiger partial charge in [0.1, 0.15) is 10.6 Å². The molecule has 0 bridgehead atoms. The minimum Gasteiger partial charge on any atom is -0.381 e. The molecule has 3 aromatic heterocycles. The maximum Gasteiger partial charge on any atom is 0.263 e. The fraction of sp³-hybridized carbons (Fsp3) is 0.345. The van der Waals surface area contributed by atoms with Gasteiger partial charge >= 0.3 is 0 Å². The number of ether oxygens (including phenoxy) is 1. The molecule has 3 atom stereocenters. The molecule has 7 nitrogen and oxygen atoms in total. The number of nitrogens with one attached hydrogen (secondary N) is 2. The second-order valence-electron chi connectivity index (χ2n) is 10.1. The number of rotatable bonds is 3. The number of benzene rings is 1. The van der Waals surface area contributed by atoms with Gasteiger partial charge in [-0.25, -0.2) is 9.97 Å². The van der Waals surface area contributed by atoms with E-state index in [9.17, 15) is 4.79 Å². The highest BCUT2D eigenvalue weighted by Gasteiger charge is 2.25. The van der Waals surface area contributed by atoms with Crippen LogP contribution >= 0.6 is 11.3 Å². The molecule has 37 heavy (non-hydrogen) atoms. The first kappa shape index (κ1) is 23.9. The minimum atomic E-state index is -0.0263. The number of hydrogen-bond acceptors (Lipinski definition) is 7. The van der Waals surface area contributed by atoms with Crippen molar-refractivity contribution < 1.29 is 9.53 Å². The Hall–Kier alpha value is -3.51. The van der Waals surface area contributed by atoms with Gasteiger partial charge in [-0.1, -0.05) is 5.92 Å². The maximum atomic E-state index is 12.7. The number of pyridine rings is 2. The lowest BCUT2D eigenvalue weighted by Gasteiger charge is -2.35. The molecule has 0 saturated carbocycles. The molecule has 188 valence electrons. The summed E-state index contributed by atoms with van der Waals surface area (Å²) < 4.78 is 6.95. The first-order valence-corrected chi connectivity index (χ1v) is 13.5. The summed E-state index contributed by atoms with van der Waals surface area (Å²) in [6.07, 6.45) is 6.16. The van der Waals surface area contributed by atoms with Crippen molar-refractivity contribution in [3.8, 4) is 23.6 Å². The minimum absolute atomic E-state index is 0.0263. The molecule has 8 heteroatoms. The molecule has 2 aliphatic heterocycles. The summed E-state index contributed by atoms with van der Waals surface area (Å²) in [4.78, 5) is 25.5. The van der Waals surface area contributed by atoms with Crippen molar-refractivity contribution in [2.75, 3.05) is 25.0 Å². The summed E-state index contributed by atoms with van der Waals surface area (Å²) in [5.41, 5.74) is 5.10. The van der Waals surface area contributed by atoms with Gasteiger partial charge in [0.2, 0.25) is 0 Å². The molecule has 2 aliphatic rings. The Balaban J connectivity index is 1.39. The Morgan fingerprint density at radius 2 is 1.95 bits per heavy atom. The van der Waals surface area contributed by atoms with E-state index in [1.807, 2.05) is 25.1 Å². The number of amides is 1. The van der Waals surface area contributed by atoms with E-state index in [1.165, 1.54) is 11.3 Å². The molecule has 5 heterocycles. The molecule has 1 aromatic carbocycles. The number of hydrogen-bond donors (Lipinski definition) is 2. The smallest absolute Gasteiger partial charge is 0.263 e. The van der Waals surface area contributed by atoms with Crippen LogP contribution in [-0.4, -0.2) is 58.7 Å². The van der Waals surface area contributed by atoms with E-state index >= 15 is 0 Å². The molecule has 0 spiro atoms. The van der Waals surface area contributed by atoms with E-state index in [2.05, 4.69) is 53.5 Å². The van der Waals surface area contributed by atoms with Gasteiger partial charge in [0.15, 0.2) is 0 Å². The molecular formula is C29H29N5O2S. The molecule has 4 aromatic rings. The number of fused-ring (bicyclic) bond motifs is 5. The van der Waals surface area contributed by atoms with Crippen LogP contribution in [0.5, 0.6) is 0 Å². The topological polar surface area (TPSA) is 79.4 Å². The lowest BCUT2D eigenvalue weighted by atomic mass is 10.1. The largest absolute Gasteiger partial charge is 0.381 e. The SMILES string of the molecule is C#Cc1cc(-c2ccc3c(ccc4sc5c(c43)NC[C@@H](C)NC5=O)n2)cc(CN2C[C@@H](C)O[C@@H](C)C2)n1. The predicted octanol–water partition coefficient (Wildman–Crippen LogP) is 4.65. The predicted molar refractivity (Wildman–Crippen MR) is 149 cm³/mol. The molecule has 0 unspecified atom stereocenters. The highest BCUT2D eigenvalue weighted by atomic mass is 32.1. The molecule has 1 saturated heterocycles. The van der Waals surface area contributed by atoms with Gasteiger partial charge in [0.05, 0.1) is 34.8 Å². The van der Waals surface area contributed by atoms with Crippen molar-refractivity contribution in [1.82, 2.24) is 20.2 Å². The van der Waals surface area contributed by atoms with Crippen LogP contribution < -0.4 is 10.6 Å². The monoisotopic (exact) mass is 511 g/mol. The van der Waals surface area contributed by atoms with E-state index in [-0.39, 0.29) is 24.2 Å². The number of carbonyl (C=O) groups is 1. The quantitative estimate of drug-likeness (QED) is 0.390. The third-order valence-electron chi connectivity index (χ3n) is 6.89. The molecule has 2 N–H and O–H groups in total. The van der Waals surface area contributed by atoms with Gasteiger partial charge < -0.3 is 15.4 Å². The Morgan fingerprint density at radius 3 is 2.73 bits per heavy atom. The average molecular weight is 512 g/mol. The molecule has 0 radical (unpaired) electrons. The number of nitrogens with zero attached hydrogens (tertiary/aromatic N) is 3. The zero-order chi connectivity index (χ0) is 25.7. The Bertz CT molecular complexity index is 1560. The molecule has 6 rings (SSSR count). The lowest BCUT2D eigenvalue weighted by molar-refractivity contribution is -0.0707. The average Bonchev–Trinajstić information content (AvgIpc) is 3.19. The van der Waals surface area contributed by atoms with Crippen LogP contribution in [0.15, 0.2) is 36.4 Å². The number of terminal acetylenes is 1. The van der Waals surface area contributed by atoms with E-state index < -0.39 is 0 Å². The lowest BCUT2D eigenvalue weighted by Crippen LogP contribution is -2.44. The van der Waals surface area contributed by atoms with E-state index in [4.69, 9.17) is 21.1 Å². The number of morpholine rings is 1. The molecular weight excluding hydrogens is 482 g/mol. The van der Waals surface area contributed by atoms with Crippen molar-refractivity contribution in [3.05, 3.63) is 52.7 Å². The second kappa shape index (κ2) is 9.42. The second-order valence-corrected chi connectivity index (χ2v) is 11.1. The summed E-state index contributed by atoms with van der Waals surface area (Å²) in [7, 11) is 0. The van der Waals surface area contributed by atoms with Crippen LogP contribution in [0.4, 0.5) is 5.69 Å². The van der Waals surface area contributed by atoms with Gasteiger partial charge in [-0.3, -0.25) is 9.69 Å². The first-order valence-electron chi connectivity index (χ1n) is 12.6. The highest BCUT2D eigenvalue weighted by Crippen LogP contribution is 2.41. The Labute approximate surface area is 220 Å². The van der Waals surface area contributed by atoms with Crippen LogP contribution in [0.25, 0.3) is 32.2 Å². The van der Waals surface area contributed by atoms with Crippen LogP contribution in [-0.2, 0) is 11.3 Å². The number of thiophene rings is 1. The number of carbonyl (C=O) groups excluding carboxylic acids is 1. The molecule has 1 fully saturated rings. The Kier molecular flexibility index (Phi) is 6.07. The normalized spacial score (nSPS) is 22.2. The van der Waals surface area contributed by atoms with Crippen molar-refractivity contribution in [1.29, 1.82) is 0 Å². The fourth-order valence-electron chi connectivity index (χ4n) is 5.42. The van der Waals surface area contributed by atoms with Gasteiger partial charge in [-0.2, -0.15) is 0 Å². The van der Waals surface area contributed by atoms with Crippen LogP contribution in [0, 0.1) is 12.3 Å². The van der Waals surface area contributed by atoms with Crippen molar-refractivity contribution in [2.45, 2.75) is 45.6 Å². The van der Waals surface area contributed by atoms with Crippen LogP contribution in [0.1, 0.15) is 41.8 Å². The third-order valence-corrected chi connectivity index (χ3v) is 8.05. The van der Waals surface area contributed by atoms with Gasteiger partial charge in [0, 0.05) is 53.3 Å². The number of anilines is 1. The maximum absolute atomic E-state index is 12.7. The summed E-state index contributed by atoms with van der Waals surface area (Å²) in [5, 5.41) is 8.61. The van der Waals surface area contributed by atoms with E-state index in [0.29, 0.717) is 18.8 Å². The third kappa shape index (κ3) is 4.55.